The number of aliphatic hydroxyl groups excluding tert-OH is 1. The maximum absolute atomic E-state index is 16.7. The topological polar surface area (TPSA) is 121 Å². The number of aliphatic hydroxyl groups is 1. The van der Waals surface area contributed by atoms with Gasteiger partial charge in [-0.25, -0.2) is 14.2 Å². The zero-order valence-corrected chi connectivity index (χ0v) is 33.0. The molecule has 2 N–H and O–H groups in total. The molecule has 0 aliphatic carbocycles. The molecule has 0 radical (unpaired) electrons. The van der Waals surface area contributed by atoms with Crippen molar-refractivity contribution in [1.29, 1.82) is 5.26 Å². The van der Waals surface area contributed by atoms with Gasteiger partial charge in [0, 0.05) is 47.8 Å². The lowest BCUT2D eigenvalue weighted by Gasteiger charge is -2.42. The zero-order valence-electron chi connectivity index (χ0n) is 30.5. The van der Waals surface area contributed by atoms with Crippen LogP contribution in [-0.4, -0.2) is 65.2 Å². The van der Waals surface area contributed by atoms with Gasteiger partial charge in [0.05, 0.1) is 40.2 Å². The van der Waals surface area contributed by atoms with Gasteiger partial charge in [-0.2, -0.15) is 5.26 Å². The molecular weight excluding hydrogens is 708 g/mol. The Balaban J connectivity index is 1.53. The molecule has 13 heteroatoms. The average molecular weight is 755 g/mol. The van der Waals surface area contributed by atoms with Crippen LogP contribution in [0.4, 0.5) is 14.9 Å². The number of ether oxygens (including phenoxy) is 1. The van der Waals surface area contributed by atoms with Gasteiger partial charge in [-0.1, -0.05) is 56.1 Å². The molecular formula is C38H46Cl2FN5O4Si. The highest BCUT2D eigenvalue weighted by Crippen LogP contribution is 2.43. The van der Waals surface area contributed by atoms with Crippen LogP contribution in [0.5, 0.6) is 0 Å². The summed E-state index contributed by atoms with van der Waals surface area (Å²) < 4.78 is 29.0. The number of halogens is 3. The lowest BCUT2D eigenvalue weighted by molar-refractivity contribution is 0.00624. The number of carbonyl (C=O) groups excluding carboxylic acids is 1. The monoisotopic (exact) mass is 753 g/mol. The molecule has 1 aliphatic rings. The van der Waals surface area contributed by atoms with Crippen molar-refractivity contribution >= 4 is 65.0 Å². The van der Waals surface area contributed by atoms with Crippen molar-refractivity contribution in [3.8, 4) is 17.3 Å². The van der Waals surface area contributed by atoms with E-state index in [2.05, 4.69) is 55.2 Å². The largest absolute Gasteiger partial charge is 0.444 e. The minimum atomic E-state index is -2.03. The van der Waals surface area contributed by atoms with E-state index in [-0.39, 0.29) is 50.2 Å². The fraction of sp³-hybridized carbons (Fsp3) is 0.474. The molecule has 9 nitrogen and oxygen atoms in total. The first-order valence-electron chi connectivity index (χ1n) is 17.2. The molecule has 2 aromatic heterocycles. The lowest BCUT2D eigenvalue weighted by Crippen LogP contribution is -2.51. The molecule has 0 bridgehead atoms. The highest BCUT2D eigenvalue weighted by Gasteiger charge is 2.39. The van der Waals surface area contributed by atoms with E-state index in [0.717, 1.165) is 0 Å². The number of likely N-dealkylation sites (tertiary alicyclic amines) is 1. The molecule has 3 heterocycles. The molecule has 2 aromatic carbocycles. The normalized spacial score (nSPS) is 17.1. The third-order valence-electron chi connectivity index (χ3n) is 9.94. The van der Waals surface area contributed by atoms with Crippen LogP contribution in [0.1, 0.15) is 71.9 Å². The van der Waals surface area contributed by atoms with Crippen molar-refractivity contribution in [2.45, 2.75) is 103 Å². The van der Waals surface area contributed by atoms with Crippen molar-refractivity contribution < 1.29 is 23.5 Å². The number of hydrogen-bond acceptors (Lipinski definition) is 8. The molecule has 0 saturated carbocycles. The Hall–Kier alpha value is -3.53. The number of fused-ring (bicyclic) bond motifs is 2. The van der Waals surface area contributed by atoms with E-state index in [9.17, 15) is 15.2 Å². The standard InChI is InChI=1S/C38H46Cl2FN5O4Si/c1-37(2,3)50-36(48)46-16-13-24(18-25(46)14-17-49-51(7,8)38(4,5)6)44-32-26-19-28(39)30(31(41)33(26)45-35(40)27(32)21-47)34-29-22(12-15-43-34)10-9-11-23(29)20-42/h9-12,15,19,24-25,47H,13-14,16-18,21H2,1-8H3,(H,44,45)/t24-,25+/m0/s1. The number of nitrogens with one attached hydrogen (secondary N) is 1. The van der Waals surface area contributed by atoms with Gasteiger partial charge in [-0.15, -0.1) is 0 Å². The molecule has 4 aromatic rings. The van der Waals surface area contributed by atoms with E-state index in [0.29, 0.717) is 65.4 Å². The van der Waals surface area contributed by atoms with Crippen molar-refractivity contribution in [1.82, 2.24) is 14.9 Å². The third kappa shape index (κ3) is 8.11. The van der Waals surface area contributed by atoms with Gasteiger partial charge >= 0.3 is 6.09 Å². The smallest absolute Gasteiger partial charge is 0.410 e. The number of hydrogen-bond donors (Lipinski definition) is 2. The van der Waals surface area contributed by atoms with Crippen LogP contribution in [0.25, 0.3) is 32.9 Å². The Bertz CT molecular complexity index is 2000. The Kier molecular flexibility index (Phi) is 11.3. The predicted octanol–water partition coefficient (Wildman–Crippen LogP) is 9.85. The van der Waals surface area contributed by atoms with Crippen LogP contribution < -0.4 is 5.32 Å². The second-order valence-corrected chi connectivity index (χ2v) is 21.2. The summed E-state index contributed by atoms with van der Waals surface area (Å²) >= 11 is 13.5. The summed E-state index contributed by atoms with van der Waals surface area (Å²) in [4.78, 5) is 24.0. The number of aromatic nitrogens is 2. The third-order valence-corrected chi connectivity index (χ3v) is 15.1. The first-order valence-corrected chi connectivity index (χ1v) is 20.8. The number of piperidine rings is 1. The first-order chi connectivity index (χ1) is 23.9. The summed E-state index contributed by atoms with van der Waals surface area (Å²) in [6.07, 6.45) is 2.85. The van der Waals surface area contributed by atoms with Crippen LogP contribution in [0.2, 0.25) is 28.3 Å². The van der Waals surface area contributed by atoms with E-state index >= 15 is 4.39 Å². The number of anilines is 1. The van der Waals surface area contributed by atoms with E-state index in [1.54, 1.807) is 35.4 Å². The summed E-state index contributed by atoms with van der Waals surface area (Å²) in [7, 11) is -2.03. The highest BCUT2D eigenvalue weighted by molar-refractivity contribution is 6.74. The van der Waals surface area contributed by atoms with E-state index < -0.39 is 26.3 Å². The molecule has 272 valence electrons. The van der Waals surface area contributed by atoms with Crippen LogP contribution in [0, 0.1) is 17.1 Å². The first kappa shape index (κ1) is 38.7. The lowest BCUT2D eigenvalue weighted by atomic mass is 9.94. The van der Waals surface area contributed by atoms with Gasteiger partial charge in [0.2, 0.25) is 0 Å². The Morgan fingerprint density at radius 3 is 2.57 bits per heavy atom. The van der Waals surface area contributed by atoms with Crippen molar-refractivity contribution in [3.63, 3.8) is 0 Å². The Labute approximate surface area is 310 Å². The molecule has 1 fully saturated rings. The van der Waals surface area contributed by atoms with E-state index in [4.69, 9.17) is 32.4 Å². The van der Waals surface area contributed by atoms with E-state index in [1.165, 1.54) is 0 Å². The minimum Gasteiger partial charge on any atom is -0.444 e. The van der Waals surface area contributed by atoms with Gasteiger partial charge in [-0.3, -0.25) is 4.98 Å². The zero-order chi connectivity index (χ0) is 37.5. The number of benzene rings is 2. The van der Waals surface area contributed by atoms with Crippen molar-refractivity contribution in [2.75, 3.05) is 18.5 Å². The Morgan fingerprint density at radius 2 is 1.92 bits per heavy atom. The average Bonchev–Trinajstić information content (AvgIpc) is 3.04. The van der Waals surface area contributed by atoms with Gasteiger partial charge in [0.1, 0.15) is 16.3 Å². The molecule has 51 heavy (non-hydrogen) atoms. The van der Waals surface area contributed by atoms with Crippen LogP contribution in [-0.2, 0) is 15.8 Å². The fourth-order valence-corrected chi connectivity index (χ4v) is 7.85. The molecule has 1 saturated heterocycles. The number of amides is 1. The molecule has 1 aliphatic heterocycles. The molecule has 1 amide bonds. The van der Waals surface area contributed by atoms with Crippen LogP contribution in [0.3, 0.4) is 0 Å². The second-order valence-electron chi connectivity index (χ2n) is 15.6. The van der Waals surface area contributed by atoms with Gasteiger partial charge < -0.3 is 24.5 Å². The number of nitrogens with zero attached hydrogens (tertiary/aromatic N) is 4. The van der Waals surface area contributed by atoms with Gasteiger partial charge in [0.25, 0.3) is 0 Å². The van der Waals surface area contributed by atoms with Crippen molar-refractivity contribution in [3.05, 3.63) is 63.6 Å². The summed E-state index contributed by atoms with van der Waals surface area (Å²) in [5.74, 6) is -0.750. The summed E-state index contributed by atoms with van der Waals surface area (Å²) in [6, 6.07) is 10.3. The number of carbonyl (C=O) groups is 1. The maximum Gasteiger partial charge on any atom is 0.410 e. The summed E-state index contributed by atoms with van der Waals surface area (Å²) in [5, 5.41) is 25.4. The summed E-state index contributed by atoms with van der Waals surface area (Å²) in [6.45, 7) is 17.0. The highest BCUT2D eigenvalue weighted by atomic mass is 35.5. The predicted molar refractivity (Wildman–Crippen MR) is 204 cm³/mol. The molecule has 2 atom stereocenters. The van der Waals surface area contributed by atoms with Crippen molar-refractivity contribution in [2.24, 2.45) is 0 Å². The van der Waals surface area contributed by atoms with Gasteiger partial charge in [-0.05, 0) is 81.8 Å². The maximum atomic E-state index is 16.7. The van der Waals surface area contributed by atoms with Crippen LogP contribution in [0.15, 0.2) is 36.5 Å². The Morgan fingerprint density at radius 1 is 1.20 bits per heavy atom. The number of nitriles is 1. The minimum absolute atomic E-state index is 0.00352. The molecule has 0 unspecified atom stereocenters. The molecule has 0 spiro atoms. The fourth-order valence-electron chi connectivity index (χ4n) is 6.27. The number of rotatable bonds is 8. The molecule has 5 rings (SSSR count). The van der Waals surface area contributed by atoms with E-state index in [1.807, 2.05) is 26.8 Å². The number of pyridine rings is 2. The SMILES string of the molecule is CC(C)(C)OC(=O)N1CC[C@H](Nc2c(CO)c(Cl)nc3c(F)c(-c4nccc5cccc(C#N)c45)c(Cl)cc23)C[C@H]1CCO[Si](C)(C)C(C)(C)C. The summed E-state index contributed by atoms with van der Waals surface area (Å²) in [5.41, 5.74) is 0.540. The van der Waals surface area contributed by atoms with Gasteiger partial charge in [0.15, 0.2) is 14.1 Å². The quantitative estimate of drug-likeness (QED) is 0.135. The second kappa shape index (κ2) is 14.8. The van der Waals surface area contributed by atoms with Crippen LogP contribution >= 0.6 is 23.2 Å².